The summed E-state index contributed by atoms with van der Waals surface area (Å²) in [5.41, 5.74) is 1.10. The molecule has 0 unspecified atom stereocenters. The minimum Gasteiger partial charge on any atom is -0.408 e. The smallest absolute Gasteiger partial charge is 0.408 e. The van der Waals surface area contributed by atoms with Crippen molar-refractivity contribution in [3.63, 3.8) is 0 Å². The van der Waals surface area contributed by atoms with E-state index < -0.39 is 15.8 Å². The van der Waals surface area contributed by atoms with Crippen molar-refractivity contribution < 1.29 is 17.6 Å². The third-order valence-electron chi connectivity index (χ3n) is 5.05. The molecule has 2 heterocycles. The summed E-state index contributed by atoms with van der Waals surface area (Å²) in [6, 6.07) is 11.2. The van der Waals surface area contributed by atoms with Crippen LogP contribution in [-0.2, 0) is 21.4 Å². The Morgan fingerprint density at radius 1 is 1.13 bits per heavy atom. The van der Waals surface area contributed by atoms with Gasteiger partial charge in [-0.3, -0.25) is 9.36 Å². The molecular weight excluding hydrogens is 430 g/mol. The number of fused-ring (bicyclic) bond motifs is 1. The molecule has 1 fully saturated rings. The van der Waals surface area contributed by atoms with Crippen LogP contribution in [0.15, 0.2) is 56.6 Å². The van der Waals surface area contributed by atoms with E-state index in [1.165, 1.54) is 27.1 Å². The Bertz CT molecular complexity index is 1260. The summed E-state index contributed by atoms with van der Waals surface area (Å²) in [6.07, 6.45) is 1.69. The molecule has 1 aliphatic rings. The molecule has 0 saturated carbocycles. The van der Waals surface area contributed by atoms with Crippen LogP contribution in [0.1, 0.15) is 19.3 Å². The van der Waals surface area contributed by atoms with Crippen LogP contribution in [0.5, 0.6) is 0 Å². The van der Waals surface area contributed by atoms with Crippen molar-refractivity contribution >= 4 is 44.3 Å². The number of sulfonamides is 1. The number of carbonyl (C=O) groups is 1. The Hall–Kier alpha value is -2.62. The Labute approximate surface area is 178 Å². The van der Waals surface area contributed by atoms with Crippen molar-refractivity contribution in [1.82, 2.24) is 8.87 Å². The molecule has 30 heavy (non-hydrogen) atoms. The van der Waals surface area contributed by atoms with Crippen LogP contribution in [-0.4, -0.2) is 36.3 Å². The maximum absolute atomic E-state index is 12.7. The Morgan fingerprint density at radius 2 is 1.87 bits per heavy atom. The predicted octanol–water partition coefficient (Wildman–Crippen LogP) is 3.06. The minimum atomic E-state index is -3.61. The van der Waals surface area contributed by atoms with Gasteiger partial charge in [-0.15, -0.1) is 0 Å². The second-order valence-electron chi connectivity index (χ2n) is 7.04. The summed E-state index contributed by atoms with van der Waals surface area (Å²) in [5, 5.41) is 3.12. The molecule has 2 aromatic carbocycles. The molecule has 0 radical (unpaired) electrons. The number of benzene rings is 2. The molecule has 158 valence electrons. The van der Waals surface area contributed by atoms with Gasteiger partial charge in [0, 0.05) is 32.1 Å². The molecule has 10 heteroatoms. The molecule has 1 N–H and O–H groups in total. The SMILES string of the molecule is O=C(CCn1c(=O)oc2cc(S(=O)(=O)N3CCCC3)ccc21)Nc1ccccc1Cl. The summed E-state index contributed by atoms with van der Waals surface area (Å²) >= 11 is 6.03. The highest BCUT2D eigenvalue weighted by Crippen LogP contribution is 2.25. The van der Waals surface area contributed by atoms with Gasteiger partial charge >= 0.3 is 5.76 Å². The largest absolute Gasteiger partial charge is 0.419 e. The summed E-state index contributed by atoms with van der Waals surface area (Å²) in [6.45, 7) is 1.07. The third kappa shape index (κ3) is 4.00. The van der Waals surface area contributed by atoms with E-state index in [-0.39, 0.29) is 29.4 Å². The number of aryl methyl sites for hydroxylation is 1. The van der Waals surface area contributed by atoms with Gasteiger partial charge in [-0.05, 0) is 37.1 Å². The van der Waals surface area contributed by atoms with Crippen LogP contribution in [0.4, 0.5) is 5.69 Å². The topological polar surface area (TPSA) is 102 Å². The van der Waals surface area contributed by atoms with Crippen molar-refractivity contribution in [2.75, 3.05) is 18.4 Å². The Kier molecular flexibility index (Phi) is 5.68. The van der Waals surface area contributed by atoms with Crippen LogP contribution in [0.3, 0.4) is 0 Å². The van der Waals surface area contributed by atoms with Crippen LogP contribution in [0.2, 0.25) is 5.02 Å². The van der Waals surface area contributed by atoms with Gasteiger partial charge in [-0.25, -0.2) is 13.2 Å². The molecule has 0 spiro atoms. The zero-order valence-electron chi connectivity index (χ0n) is 16.0. The number of anilines is 1. The number of hydrogen-bond donors (Lipinski definition) is 1. The monoisotopic (exact) mass is 449 g/mol. The number of oxazole rings is 1. The molecular formula is C20H20ClN3O5S. The second-order valence-corrected chi connectivity index (χ2v) is 9.38. The van der Waals surface area contributed by atoms with Gasteiger partial charge in [0.15, 0.2) is 5.58 Å². The molecule has 1 aromatic heterocycles. The fraction of sp³-hybridized carbons (Fsp3) is 0.300. The highest BCUT2D eigenvalue weighted by Gasteiger charge is 2.28. The molecule has 0 atom stereocenters. The van der Waals surface area contributed by atoms with Crippen LogP contribution in [0, 0.1) is 0 Å². The number of nitrogens with one attached hydrogen (secondary N) is 1. The third-order valence-corrected chi connectivity index (χ3v) is 7.28. The maximum Gasteiger partial charge on any atom is 0.419 e. The van der Waals surface area contributed by atoms with Crippen LogP contribution >= 0.6 is 11.6 Å². The lowest BCUT2D eigenvalue weighted by molar-refractivity contribution is -0.116. The number of halogens is 1. The van der Waals surface area contributed by atoms with Crippen molar-refractivity contribution in [3.8, 4) is 0 Å². The second kappa shape index (κ2) is 8.25. The molecule has 1 aliphatic heterocycles. The standard InChI is InChI=1S/C20H20ClN3O5S/c21-15-5-1-2-6-16(15)22-19(25)9-12-24-17-8-7-14(13-18(17)29-20(24)26)30(27,28)23-10-3-4-11-23/h1-2,5-8,13H,3-4,9-12H2,(H,22,25). The minimum absolute atomic E-state index is 0.0214. The first-order valence-corrected chi connectivity index (χ1v) is 11.4. The average Bonchev–Trinajstić information content (AvgIpc) is 3.36. The van der Waals surface area contributed by atoms with E-state index >= 15 is 0 Å². The normalized spacial score (nSPS) is 15.0. The van der Waals surface area contributed by atoms with Gasteiger partial charge < -0.3 is 9.73 Å². The molecule has 3 aromatic rings. The molecule has 4 rings (SSSR count). The van der Waals surface area contributed by atoms with E-state index in [9.17, 15) is 18.0 Å². The van der Waals surface area contributed by atoms with Gasteiger partial charge in [0.2, 0.25) is 15.9 Å². The maximum atomic E-state index is 12.7. The first kappa shape index (κ1) is 20.6. The predicted molar refractivity (Wildman–Crippen MR) is 113 cm³/mol. The highest BCUT2D eigenvalue weighted by atomic mass is 35.5. The quantitative estimate of drug-likeness (QED) is 0.623. The summed E-state index contributed by atoms with van der Waals surface area (Å²) in [5.74, 6) is -0.955. The van der Waals surface area contributed by atoms with E-state index in [0.717, 1.165) is 12.8 Å². The van der Waals surface area contributed by atoms with Crippen molar-refractivity contribution in [2.24, 2.45) is 0 Å². The number of aromatic nitrogens is 1. The Balaban J connectivity index is 1.52. The van der Waals surface area contributed by atoms with E-state index in [1.54, 1.807) is 24.3 Å². The average molecular weight is 450 g/mol. The molecule has 1 amide bonds. The first-order valence-electron chi connectivity index (χ1n) is 9.54. The van der Waals surface area contributed by atoms with Crippen molar-refractivity contribution in [2.45, 2.75) is 30.7 Å². The number of nitrogens with zero attached hydrogens (tertiary/aromatic N) is 2. The first-order chi connectivity index (χ1) is 14.4. The van der Waals surface area contributed by atoms with Gasteiger partial charge in [0.1, 0.15) is 0 Å². The summed E-state index contributed by atoms with van der Waals surface area (Å²) < 4.78 is 33.4. The van der Waals surface area contributed by atoms with Gasteiger partial charge in [0.25, 0.3) is 0 Å². The fourth-order valence-corrected chi connectivity index (χ4v) is 5.20. The number of rotatable bonds is 6. The zero-order valence-corrected chi connectivity index (χ0v) is 17.6. The van der Waals surface area contributed by atoms with Gasteiger partial charge in [0.05, 0.1) is 21.1 Å². The highest BCUT2D eigenvalue weighted by molar-refractivity contribution is 7.89. The van der Waals surface area contributed by atoms with E-state index in [4.69, 9.17) is 16.0 Å². The summed E-state index contributed by atoms with van der Waals surface area (Å²) in [4.78, 5) is 24.6. The van der Waals surface area contributed by atoms with Crippen LogP contribution in [0.25, 0.3) is 11.1 Å². The van der Waals surface area contributed by atoms with Crippen molar-refractivity contribution in [3.05, 3.63) is 58.0 Å². The number of hydrogen-bond acceptors (Lipinski definition) is 5. The molecule has 8 nitrogen and oxygen atoms in total. The van der Waals surface area contributed by atoms with E-state index in [0.29, 0.717) is 29.3 Å². The fourth-order valence-electron chi connectivity index (χ4n) is 3.49. The lowest BCUT2D eigenvalue weighted by Gasteiger charge is -2.15. The van der Waals surface area contributed by atoms with E-state index in [2.05, 4.69) is 5.32 Å². The zero-order chi connectivity index (χ0) is 21.3. The number of amides is 1. The van der Waals surface area contributed by atoms with Gasteiger partial charge in [-0.1, -0.05) is 23.7 Å². The lowest BCUT2D eigenvalue weighted by Crippen LogP contribution is -2.27. The van der Waals surface area contributed by atoms with Crippen LogP contribution < -0.4 is 11.1 Å². The van der Waals surface area contributed by atoms with Gasteiger partial charge in [-0.2, -0.15) is 4.31 Å². The molecule has 0 bridgehead atoms. The molecule has 1 saturated heterocycles. The van der Waals surface area contributed by atoms with Crippen molar-refractivity contribution in [1.29, 1.82) is 0 Å². The Morgan fingerprint density at radius 3 is 2.60 bits per heavy atom. The number of para-hydroxylation sites is 1. The number of carbonyl (C=O) groups excluding carboxylic acids is 1. The summed E-state index contributed by atoms with van der Waals surface area (Å²) in [7, 11) is -3.61. The molecule has 0 aliphatic carbocycles. The lowest BCUT2D eigenvalue weighted by atomic mass is 10.3. The van der Waals surface area contributed by atoms with E-state index in [1.807, 2.05) is 0 Å².